The molecule has 0 unspecified atom stereocenters. The Hall–Kier alpha value is -10.6. The van der Waals surface area contributed by atoms with Crippen LogP contribution in [-0.2, 0) is 55.2 Å². The first-order valence-electron chi connectivity index (χ1n) is 37.9. The summed E-state index contributed by atoms with van der Waals surface area (Å²) in [5, 5.41) is 31.4. The number of aromatic hydroxyl groups is 1. The molecule has 0 aliphatic heterocycles. The van der Waals surface area contributed by atoms with E-state index < -0.39 is 0 Å². The van der Waals surface area contributed by atoms with Gasteiger partial charge < -0.3 is 67.0 Å². The molecule has 3 saturated carbocycles. The average molecular weight is 1650 g/mol. The van der Waals surface area contributed by atoms with E-state index in [1.54, 1.807) is 81.6 Å². The van der Waals surface area contributed by atoms with Crippen LogP contribution < -0.4 is 37.9 Å². The Labute approximate surface area is 685 Å². The molecule has 11 aromatic rings. The maximum absolute atomic E-state index is 13.2. The van der Waals surface area contributed by atoms with Gasteiger partial charge in [0.1, 0.15) is 35.6 Å². The van der Waals surface area contributed by atoms with Gasteiger partial charge in [-0.15, -0.1) is 24.0 Å². The molecule has 6 aromatic heterocycles. The van der Waals surface area contributed by atoms with Gasteiger partial charge in [-0.1, -0.05) is 101 Å². The van der Waals surface area contributed by atoms with Gasteiger partial charge in [0.15, 0.2) is 0 Å². The number of pyridine rings is 3. The molecule has 0 spiro atoms. The van der Waals surface area contributed by atoms with Crippen molar-refractivity contribution in [3.63, 3.8) is 0 Å². The lowest BCUT2D eigenvalue weighted by Gasteiger charge is -2.22. The molecule has 6 heterocycles. The second-order valence-electron chi connectivity index (χ2n) is 29.0. The van der Waals surface area contributed by atoms with Crippen molar-refractivity contribution in [1.29, 1.82) is 0 Å². The second kappa shape index (κ2) is 42.0. The third-order valence-electron chi connectivity index (χ3n) is 19.9. The van der Waals surface area contributed by atoms with E-state index in [9.17, 15) is 19.5 Å². The standard InChI is InChI=1S/C32H38N6O3.C28H29N5O3.C22H24BrN5O2.C4H10ClN.ClH/c1-37(2)15-16-40-27-13-11-24(12-14-27)23-9-7-22(8-10-23)21-41-30-6-4-5-29(30)36-32(39)28-17-25(18-34-31(28)33)26-19-35-38(3)20-26;1-33-16-22(15-31-33)21-13-24(27(29)30-14-21)28(35)32-25-3-2-4-26(25)36-17-18-5-7-19(8-6-18)20-9-11-23(34)12-10-20;1-28-12-16(11-26-28)15-9-18(21(24)25-10-15)22(29)27-19-3-2-4-20(19)30-13-14-5-7-17(23)8-6-14;1-6(2)4-3-5;/h7-14,17-20,29-30H,4-6,15-16,21H2,1-3H3,(H2,33,34)(H,36,39);5-16,25-26,34H,2-4,17H2,1H3,(H2,29,30)(H,32,35);5-12,19-20H,2-4,13H2,1H3,(H2,24,25)(H,27,29);3-4H2,1-2H3;1H/t29-,30-;25-,26-;19-,20-;;/m000../s1. The number of anilines is 3. The van der Waals surface area contributed by atoms with Gasteiger partial charge in [-0.2, -0.15) is 15.3 Å². The molecule has 0 saturated heterocycles. The highest BCUT2D eigenvalue weighted by molar-refractivity contribution is 9.10. The maximum atomic E-state index is 13.2. The monoisotopic (exact) mass is 1650 g/mol. The first-order valence-corrected chi connectivity index (χ1v) is 39.2. The molecule has 10 N–H and O–H groups in total. The molecule has 14 rings (SSSR count). The molecule has 6 atom stereocenters. The lowest BCUT2D eigenvalue weighted by atomic mass is 10.0. The minimum Gasteiger partial charge on any atom is -0.508 e. The number of ether oxygens (including phenoxy) is 4. The van der Waals surface area contributed by atoms with Crippen LogP contribution in [0.2, 0.25) is 0 Å². The molecular formula is C86H102BrCl2N17O8. The number of carbonyl (C=O) groups is 3. The summed E-state index contributed by atoms with van der Waals surface area (Å²) >= 11 is 8.80. The quantitative estimate of drug-likeness (QED) is 0.0248. The largest absolute Gasteiger partial charge is 0.508 e. The van der Waals surface area contributed by atoms with E-state index >= 15 is 0 Å². The van der Waals surface area contributed by atoms with Gasteiger partial charge in [0.2, 0.25) is 0 Å². The summed E-state index contributed by atoms with van der Waals surface area (Å²) in [5.74, 6) is 1.76. The number of amides is 3. The van der Waals surface area contributed by atoms with Gasteiger partial charge in [-0.3, -0.25) is 28.4 Å². The van der Waals surface area contributed by atoms with E-state index in [4.69, 9.17) is 47.7 Å². The van der Waals surface area contributed by atoms with E-state index in [2.05, 4.69) is 103 Å². The zero-order valence-electron chi connectivity index (χ0n) is 65.4. The number of nitrogens with two attached hydrogens (primary N) is 3. The summed E-state index contributed by atoms with van der Waals surface area (Å²) in [6.07, 6.45) is 23.9. The minimum atomic E-state index is -0.246. The number of nitrogens with one attached hydrogen (secondary N) is 3. The summed E-state index contributed by atoms with van der Waals surface area (Å²) in [4.78, 5) is 56.1. The van der Waals surface area contributed by atoms with Crippen molar-refractivity contribution in [3.8, 4) is 67.1 Å². The van der Waals surface area contributed by atoms with Gasteiger partial charge >= 0.3 is 0 Å². The third kappa shape index (κ3) is 24.7. The number of carbonyl (C=O) groups excluding carboxylic acids is 3. The van der Waals surface area contributed by atoms with Gasteiger partial charge in [0.25, 0.3) is 17.7 Å². The molecule has 3 fully saturated rings. The summed E-state index contributed by atoms with van der Waals surface area (Å²) < 4.78 is 30.6. The first-order chi connectivity index (χ1) is 54.6. The van der Waals surface area contributed by atoms with Crippen LogP contribution in [0.1, 0.15) is 106 Å². The molecule has 0 radical (unpaired) electrons. The number of aryl methyl sites for hydroxylation is 3. The van der Waals surface area contributed by atoms with Crippen molar-refractivity contribution in [2.24, 2.45) is 21.1 Å². The highest BCUT2D eigenvalue weighted by Gasteiger charge is 2.34. The number of hydrogen-bond donors (Lipinski definition) is 7. The highest BCUT2D eigenvalue weighted by Crippen LogP contribution is 2.32. The number of halogens is 3. The SMILES string of the molecule is CN(C)CCCl.CN(C)CCOc1ccc(-c2ccc(CO[C@H]3CCC[C@@H]3NC(=O)c3cc(-c4cnn(C)c4)cnc3N)cc2)cc1.Cl.Cn1cc(-c2cnc(N)c(C(=O)N[C@H]3CCC[C@@H]3OCc3ccc(-c4ccc(O)cc4)cc3)c2)cn1.Cn1cc(-c2cnc(N)c(C(=O)N[C@H]3CCC[C@@H]3OCc3ccc(Br)cc3)c2)cn1. The third-order valence-corrected chi connectivity index (χ3v) is 20.5. The molecular weight excluding hydrogens is 1550 g/mol. The molecule has 5 aromatic carbocycles. The molecule has 25 nitrogen and oxygen atoms in total. The van der Waals surface area contributed by atoms with Gasteiger partial charge in [-0.25, -0.2) is 15.0 Å². The van der Waals surface area contributed by atoms with Crippen LogP contribution in [-0.4, -0.2) is 167 Å². The number of phenolic OH excluding ortho intramolecular Hbond substituents is 1. The number of phenols is 1. The zero-order valence-corrected chi connectivity index (χ0v) is 68.5. The molecule has 600 valence electrons. The van der Waals surface area contributed by atoms with Crippen LogP contribution in [0.3, 0.4) is 0 Å². The van der Waals surface area contributed by atoms with E-state index in [1.807, 2.05) is 146 Å². The van der Waals surface area contributed by atoms with E-state index in [-0.39, 0.29) is 89.8 Å². The Balaban J connectivity index is 0.000000175. The predicted molar refractivity (Wildman–Crippen MR) is 454 cm³/mol. The number of benzene rings is 5. The van der Waals surface area contributed by atoms with Crippen molar-refractivity contribution in [3.05, 3.63) is 233 Å². The molecule has 0 bridgehead atoms. The minimum absolute atomic E-state index is 0. The predicted octanol–water partition coefficient (Wildman–Crippen LogP) is 13.7. The normalized spacial score (nSPS) is 16.8. The summed E-state index contributed by atoms with van der Waals surface area (Å²) in [6, 6.07) is 45.0. The maximum Gasteiger partial charge on any atom is 0.255 e. The fraction of sp³-hybridized carbons (Fsp3) is 0.337. The van der Waals surface area contributed by atoms with Crippen molar-refractivity contribution in [2.75, 3.05) is 71.0 Å². The van der Waals surface area contributed by atoms with Crippen LogP contribution in [0.15, 0.2) is 200 Å². The van der Waals surface area contributed by atoms with Gasteiger partial charge in [0, 0.05) is 115 Å². The summed E-state index contributed by atoms with van der Waals surface area (Å²) in [6.45, 7) is 3.98. The van der Waals surface area contributed by atoms with Crippen LogP contribution in [0.4, 0.5) is 17.5 Å². The molecule has 3 aliphatic carbocycles. The number of hydrogen-bond acceptors (Lipinski definition) is 19. The van der Waals surface area contributed by atoms with Crippen molar-refractivity contribution in [1.82, 2.24) is 70.0 Å². The van der Waals surface area contributed by atoms with Crippen LogP contribution in [0.5, 0.6) is 11.5 Å². The van der Waals surface area contributed by atoms with Gasteiger partial charge in [-0.05, 0) is 180 Å². The Bertz CT molecular complexity index is 4890. The lowest BCUT2D eigenvalue weighted by Crippen LogP contribution is -2.41. The zero-order chi connectivity index (χ0) is 79.9. The Morgan fingerprint density at radius 1 is 0.456 bits per heavy atom. The average Bonchev–Trinajstić information content (AvgIpc) is 1.63. The Kier molecular flexibility index (Phi) is 31.6. The number of nitrogens with zero attached hydrogens (tertiary/aromatic N) is 11. The smallest absolute Gasteiger partial charge is 0.255 e. The molecule has 3 amide bonds. The van der Waals surface area contributed by atoms with Crippen LogP contribution >= 0.6 is 39.9 Å². The fourth-order valence-electron chi connectivity index (χ4n) is 13.5. The van der Waals surface area contributed by atoms with Crippen LogP contribution in [0, 0.1) is 0 Å². The number of likely N-dealkylation sites (N-methyl/N-ethyl adjacent to an activating group) is 1. The summed E-state index contributed by atoms with van der Waals surface area (Å²) in [5.41, 5.74) is 31.9. The first kappa shape index (κ1) is 85.9. The van der Waals surface area contributed by atoms with E-state index in [1.165, 1.54) is 0 Å². The number of rotatable bonds is 26. The van der Waals surface area contributed by atoms with E-state index in [0.717, 1.165) is 159 Å². The Morgan fingerprint density at radius 3 is 1.07 bits per heavy atom. The van der Waals surface area contributed by atoms with Gasteiger partial charge in [0.05, 0.1) is 91.5 Å². The molecule has 114 heavy (non-hydrogen) atoms. The van der Waals surface area contributed by atoms with Crippen LogP contribution in [0.25, 0.3) is 55.6 Å². The fourth-order valence-corrected chi connectivity index (χ4v) is 14.1. The number of alkyl halides is 1. The highest BCUT2D eigenvalue weighted by atomic mass is 79.9. The number of aromatic nitrogens is 9. The van der Waals surface area contributed by atoms with E-state index in [0.29, 0.717) is 43.1 Å². The Morgan fingerprint density at radius 2 is 0.772 bits per heavy atom. The summed E-state index contributed by atoms with van der Waals surface area (Å²) in [7, 11) is 13.6. The molecule has 28 heteroatoms. The topological polar surface area (TPSA) is 321 Å². The second-order valence-corrected chi connectivity index (χ2v) is 30.3. The van der Waals surface area contributed by atoms with Crippen molar-refractivity contribution < 1.29 is 38.4 Å². The molecule has 3 aliphatic rings. The van der Waals surface area contributed by atoms with Crippen molar-refractivity contribution in [2.45, 2.75) is 114 Å². The number of nitrogen functional groups attached to an aromatic ring is 3. The van der Waals surface area contributed by atoms with Crippen molar-refractivity contribution >= 4 is 75.1 Å². The lowest BCUT2D eigenvalue weighted by molar-refractivity contribution is 0.0272.